The first kappa shape index (κ1) is 15.9. The molecular formula is C18H19FN4O2. The van der Waals surface area contributed by atoms with Gasteiger partial charge in [0, 0.05) is 24.9 Å². The van der Waals surface area contributed by atoms with Gasteiger partial charge in [0.1, 0.15) is 12.4 Å². The molecule has 0 radical (unpaired) electrons. The normalized spacial score (nSPS) is 20.4. The molecule has 1 saturated carbocycles. The first-order valence-electron chi connectivity index (χ1n) is 8.58. The largest absolute Gasteiger partial charge is 0.470 e. The molecule has 6 nitrogen and oxygen atoms in total. The summed E-state index contributed by atoms with van der Waals surface area (Å²) in [6.07, 6.45) is 8.04. The maximum atomic E-state index is 13.7. The number of pyridine rings is 1. The van der Waals surface area contributed by atoms with E-state index in [0.717, 1.165) is 31.4 Å². The van der Waals surface area contributed by atoms with Crippen molar-refractivity contribution in [3.63, 3.8) is 0 Å². The van der Waals surface area contributed by atoms with E-state index < -0.39 is 5.82 Å². The number of piperidine rings is 1. The van der Waals surface area contributed by atoms with Gasteiger partial charge in [0.05, 0.1) is 17.8 Å². The molecule has 1 atom stereocenters. The number of carbonyl (C=O) groups is 1. The van der Waals surface area contributed by atoms with Gasteiger partial charge in [0.25, 0.3) is 11.8 Å². The van der Waals surface area contributed by atoms with Crippen LogP contribution in [0, 0.1) is 5.82 Å². The molecule has 1 saturated heterocycles. The highest BCUT2D eigenvalue weighted by Crippen LogP contribution is 2.40. The highest BCUT2D eigenvalue weighted by Gasteiger charge is 2.33. The second kappa shape index (κ2) is 6.74. The molecule has 0 bridgehead atoms. The van der Waals surface area contributed by atoms with Gasteiger partial charge in [-0.2, -0.15) is 0 Å². The number of likely N-dealkylation sites (tertiary alicyclic amines) is 1. The molecule has 2 aromatic heterocycles. The van der Waals surface area contributed by atoms with Gasteiger partial charge >= 0.3 is 0 Å². The van der Waals surface area contributed by atoms with Crippen molar-refractivity contribution in [3.05, 3.63) is 47.9 Å². The van der Waals surface area contributed by atoms with Crippen molar-refractivity contribution in [2.75, 3.05) is 13.1 Å². The van der Waals surface area contributed by atoms with Crippen LogP contribution < -0.4 is 4.74 Å². The Bertz CT molecular complexity index is 781. The lowest BCUT2D eigenvalue weighted by molar-refractivity contribution is 0.0516. The molecule has 0 N–H and O–H groups in total. The quantitative estimate of drug-likeness (QED) is 0.854. The summed E-state index contributed by atoms with van der Waals surface area (Å²) in [4.78, 5) is 26.9. The van der Waals surface area contributed by atoms with Gasteiger partial charge in [-0.05, 0) is 37.8 Å². The highest BCUT2D eigenvalue weighted by atomic mass is 19.1. The van der Waals surface area contributed by atoms with Crippen LogP contribution in [0.25, 0.3) is 0 Å². The van der Waals surface area contributed by atoms with Crippen molar-refractivity contribution in [1.29, 1.82) is 0 Å². The van der Waals surface area contributed by atoms with Crippen LogP contribution in [0.2, 0.25) is 0 Å². The van der Waals surface area contributed by atoms with E-state index in [0.29, 0.717) is 24.6 Å². The highest BCUT2D eigenvalue weighted by molar-refractivity contribution is 5.95. The van der Waals surface area contributed by atoms with E-state index in [1.54, 1.807) is 11.1 Å². The molecular weight excluding hydrogens is 323 g/mol. The van der Waals surface area contributed by atoms with Crippen LogP contribution in [0.15, 0.2) is 30.9 Å². The van der Waals surface area contributed by atoms with Crippen LogP contribution in [-0.2, 0) is 0 Å². The smallest absolute Gasteiger partial charge is 0.257 e. The van der Waals surface area contributed by atoms with E-state index in [9.17, 15) is 9.18 Å². The average Bonchev–Trinajstić information content (AvgIpc) is 3.48. The van der Waals surface area contributed by atoms with E-state index in [1.165, 1.54) is 24.7 Å². The number of amides is 1. The van der Waals surface area contributed by atoms with E-state index >= 15 is 0 Å². The molecule has 2 fully saturated rings. The van der Waals surface area contributed by atoms with E-state index in [2.05, 4.69) is 15.0 Å². The zero-order valence-corrected chi connectivity index (χ0v) is 13.8. The summed E-state index contributed by atoms with van der Waals surface area (Å²) in [5.74, 6) is -0.194. The fourth-order valence-corrected chi connectivity index (χ4v) is 3.19. The van der Waals surface area contributed by atoms with Gasteiger partial charge in [-0.1, -0.05) is 0 Å². The molecule has 130 valence electrons. The first-order chi connectivity index (χ1) is 12.2. The number of hydrogen-bond donors (Lipinski definition) is 0. The zero-order valence-electron chi connectivity index (χ0n) is 13.8. The molecule has 25 heavy (non-hydrogen) atoms. The summed E-state index contributed by atoms with van der Waals surface area (Å²) < 4.78 is 19.4. The lowest BCUT2D eigenvalue weighted by atomic mass is 10.1. The van der Waals surface area contributed by atoms with Crippen LogP contribution in [0.1, 0.15) is 47.7 Å². The lowest BCUT2D eigenvalue weighted by Gasteiger charge is -2.32. The fraction of sp³-hybridized carbons (Fsp3) is 0.444. The van der Waals surface area contributed by atoms with Crippen molar-refractivity contribution in [2.45, 2.75) is 37.7 Å². The van der Waals surface area contributed by atoms with E-state index in [-0.39, 0.29) is 17.9 Å². The summed E-state index contributed by atoms with van der Waals surface area (Å²) in [5, 5.41) is 0. The molecule has 2 aliphatic rings. The second-order valence-electron chi connectivity index (χ2n) is 6.52. The van der Waals surface area contributed by atoms with Crippen LogP contribution in [0.4, 0.5) is 4.39 Å². The molecule has 4 rings (SSSR count). The third-order valence-corrected chi connectivity index (χ3v) is 4.61. The van der Waals surface area contributed by atoms with Gasteiger partial charge < -0.3 is 9.64 Å². The number of nitrogens with zero attached hydrogens (tertiary/aromatic N) is 4. The van der Waals surface area contributed by atoms with Crippen molar-refractivity contribution in [2.24, 2.45) is 0 Å². The van der Waals surface area contributed by atoms with Crippen LogP contribution >= 0.6 is 0 Å². The summed E-state index contributed by atoms with van der Waals surface area (Å²) in [5.41, 5.74) is 1.42. The average molecular weight is 342 g/mol. The monoisotopic (exact) mass is 342 g/mol. The van der Waals surface area contributed by atoms with Gasteiger partial charge in [-0.3, -0.25) is 4.79 Å². The Balaban J connectivity index is 1.48. The van der Waals surface area contributed by atoms with Gasteiger partial charge in [-0.25, -0.2) is 19.3 Å². The minimum Gasteiger partial charge on any atom is -0.470 e. The molecule has 3 heterocycles. The third kappa shape index (κ3) is 3.45. The van der Waals surface area contributed by atoms with E-state index in [4.69, 9.17) is 4.74 Å². The number of aromatic nitrogens is 3. The van der Waals surface area contributed by atoms with Crippen molar-refractivity contribution in [3.8, 4) is 5.88 Å². The molecule has 1 amide bonds. The predicted octanol–water partition coefficient (Wildman–Crippen LogP) is 2.57. The third-order valence-electron chi connectivity index (χ3n) is 4.61. The van der Waals surface area contributed by atoms with Crippen molar-refractivity contribution < 1.29 is 13.9 Å². The first-order valence-corrected chi connectivity index (χ1v) is 8.58. The zero-order chi connectivity index (χ0) is 17.2. The Kier molecular flexibility index (Phi) is 4.29. The maximum Gasteiger partial charge on any atom is 0.257 e. The molecule has 7 heteroatoms. The Morgan fingerprint density at radius 3 is 2.96 bits per heavy atom. The minimum absolute atomic E-state index is 0.0106. The van der Waals surface area contributed by atoms with Gasteiger partial charge in [0.2, 0.25) is 0 Å². The number of hydrogen-bond acceptors (Lipinski definition) is 5. The molecule has 0 aromatic carbocycles. The van der Waals surface area contributed by atoms with Crippen LogP contribution in [0.5, 0.6) is 5.88 Å². The Labute approximate surface area is 145 Å². The van der Waals surface area contributed by atoms with Crippen molar-refractivity contribution in [1.82, 2.24) is 19.9 Å². The molecule has 1 unspecified atom stereocenters. The fourth-order valence-electron chi connectivity index (χ4n) is 3.19. The molecule has 1 aliphatic carbocycles. The Morgan fingerprint density at radius 2 is 2.16 bits per heavy atom. The molecule has 2 aromatic rings. The van der Waals surface area contributed by atoms with Crippen molar-refractivity contribution >= 4 is 5.91 Å². The van der Waals surface area contributed by atoms with Gasteiger partial charge in [-0.15, -0.1) is 0 Å². The molecule has 1 aliphatic heterocycles. The Morgan fingerprint density at radius 1 is 1.28 bits per heavy atom. The summed E-state index contributed by atoms with van der Waals surface area (Å²) in [6, 6.07) is 2.84. The molecule has 0 spiro atoms. The number of halogens is 1. The second-order valence-corrected chi connectivity index (χ2v) is 6.52. The predicted molar refractivity (Wildman–Crippen MR) is 87.8 cm³/mol. The number of ether oxygens (including phenoxy) is 1. The maximum absolute atomic E-state index is 13.7. The standard InChI is InChI=1S/C18H19FN4O2/c19-15-4-1-7-21-17(15)25-13-3-2-8-23(10-13)18(24)14-9-20-11-22-16(14)12-5-6-12/h1,4,7,9,11-13H,2-3,5-6,8,10H2. The summed E-state index contributed by atoms with van der Waals surface area (Å²) in [6.45, 7) is 1.07. The Hall–Kier alpha value is -2.57. The van der Waals surface area contributed by atoms with Crippen LogP contribution in [0.3, 0.4) is 0 Å². The summed E-state index contributed by atoms with van der Waals surface area (Å²) >= 11 is 0. The number of carbonyl (C=O) groups excluding carboxylic acids is 1. The SMILES string of the molecule is O=C(c1cncnc1C1CC1)N1CCCC(Oc2ncccc2F)C1. The van der Waals surface area contributed by atoms with E-state index in [1.807, 2.05) is 0 Å². The minimum atomic E-state index is -0.488. The van der Waals surface area contributed by atoms with Crippen LogP contribution in [-0.4, -0.2) is 45.0 Å². The summed E-state index contributed by atoms with van der Waals surface area (Å²) in [7, 11) is 0. The number of rotatable bonds is 4. The van der Waals surface area contributed by atoms with Gasteiger partial charge in [0.15, 0.2) is 5.82 Å². The topological polar surface area (TPSA) is 68.2 Å². The lowest BCUT2D eigenvalue weighted by Crippen LogP contribution is -2.44.